The minimum absolute atomic E-state index is 0.0562. The Morgan fingerprint density at radius 1 is 1.11 bits per heavy atom. The van der Waals surface area contributed by atoms with E-state index in [0.29, 0.717) is 19.7 Å². The maximum atomic E-state index is 11.5. The van der Waals surface area contributed by atoms with Crippen molar-refractivity contribution in [2.24, 2.45) is 0 Å². The van der Waals surface area contributed by atoms with Gasteiger partial charge in [0.25, 0.3) is 5.91 Å². The molecule has 0 spiro atoms. The highest BCUT2D eigenvalue weighted by Gasteiger charge is 2.12. The van der Waals surface area contributed by atoms with Crippen molar-refractivity contribution >= 4 is 17.8 Å². The lowest BCUT2D eigenvalue weighted by Gasteiger charge is -2.20. The fraction of sp³-hybridized carbons (Fsp3) is 0.727. The van der Waals surface area contributed by atoms with Gasteiger partial charge in [0.2, 0.25) is 5.91 Å². The van der Waals surface area contributed by atoms with E-state index in [2.05, 4.69) is 15.6 Å². The van der Waals surface area contributed by atoms with Crippen LogP contribution in [0.4, 0.5) is 0 Å². The predicted octanol–water partition coefficient (Wildman–Crippen LogP) is -1.33. The van der Waals surface area contributed by atoms with Gasteiger partial charge in [0.15, 0.2) is 0 Å². The molecule has 0 aliphatic heterocycles. The van der Waals surface area contributed by atoms with Gasteiger partial charge in [0.05, 0.1) is 26.7 Å². The number of hydrogen-bond acceptors (Lipinski definition) is 6. The number of carbonyl (C=O) groups excluding carboxylic acids is 3. The molecule has 0 saturated heterocycles. The number of carbonyl (C=O) groups is 3. The molecule has 2 N–H and O–H groups in total. The molecule has 0 atom stereocenters. The summed E-state index contributed by atoms with van der Waals surface area (Å²) in [5.74, 6) is -1.06. The molecule has 0 aliphatic carbocycles. The first-order chi connectivity index (χ1) is 8.99. The van der Waals surface area contributed by atoms with Crippen molar-refractivity contribution in [3.8, 4) is 0 Å². The van der Waals surface area contributed by atoms with E-state index in [1.165, 1.54) is 14.0 Å². The number of methoxy groups -OCH3 is 2. The van der Waals surface area contributed by atoms with Gasteiger partial charge in [-0.05, 0) is 0 Å². The molecule has 0 aromatic carbocycles. The first-order valence-electron chi connectivity index (χ1n) is 5.83. The van der Waals surface area contributed by atoms with Crippen LogP contribution in [0, 0.1) is 0 Å². The molecule has 0 rings (SSSR count). The number of esters is 1. The standard InChI is InChI=1S/C11H21N3O5/c1-9(15)12-13-10(16)8-14(6-7-18-2)5-4-11(17)19-3/h4-8H2,1-3H3,(H,12,15)(H,13,16). The zero-order valence-corrected chi connectivity index (χ0v) is 11.5. The first-order valence-corrected chi connectivity index (χ1v) is 5.83. The molecule has 0 heterocycles. The third-order valence-electron chi connectivity index (χ3n) is 2.22. The SMILES string of the molecule is COCCN(CCC(=O)OC)CC(=O)NNC(C)=O. The summed E-state index contributed by atoms with van der Waals surface area (Å²) in [6.45, 7) is 2.67. The lowest BCUT2D eigenvalue weighted by atomic mass is 10.3. The fourth-order valence-corrected chi connectivity index (χ4v) is 1.24. The Hall–Kier alpha value is -1.67. The molecule has 0 saturated carbocycles. The molecule has 0 aromatic heterocycles. The van der Waals surface area contributed by atoms with Crippen LogP contribution >= 0.6 is 0 Å². The monoisotopic (exact) mass is 275 g/mol. The fourth-order valence-electron chi connectivity index (χ4n) is 1.24. The van der Waals surface area contributed by atoms with Crippen molar-refractivity contribution in [2.75, 3.05) is 40.5 Å². The molecule has 8 heteroatoms. The summed E-state index contributed by atoms with van der Waals surface area (Å²) in [7, 11) is 2.86. The second-order valence-electron chi connectivity index (χ2n) is 3.82. The van der Waals surface area contributed by atoms with E-state index in [9.17, 15) is 14.4 Å². The number of rotatable bonds is 8. The van der Waals surface area contributed by atoms with Gasteiger partial charge in [-0.2, -0.15) is 0 Å². The highest BCUT2D eigenvalue weighted by molar-refractivity contribution is 5.82. The van der Waals surface area contributed by atoms with E-state index in [-0.39, 0.29) is 30.7 Å². The molecule has 8 nitrogen and oxygen atoms in total. The normalized spacial score (nSPS) is 10.1. The quantitative estimate of drug-likeness (QED) is 0.420. The lowest BCUT2D eigenvalue weighted by molar-refractivity contribution is -0.141. The summed E-state index contributed by atoms with van der Waals surface area (Å²) >= 11 is 0. The van der Waals surface area contributed by atoms with Crippen molar-refractivity contribution in [3.05, 3.63) is 0 Å². The summed E-state index contributed by atoms with van der Waals surface area (Å²) in [5.41, 5.74) is 4.45. The Balaban J connectivity index is 4.13. The van der Waals surface area contributed by atoms with Crippen molar-refractivity contribution in [3.63, 3.8) is 0 Å². The van der Waals surface area contributed by atoms with Crippen LogP contribution in [0.3, 0.4) is 0 Å². The van der Waals surface area contributed by atoms with E-state index >= 15 is 0 Å². The van der Waals surface area contributed by atoms with Crippen molar-refractivity contribution < 1.29 is 23.9 Å². The summed E-state index contributed by atoms with van der Waals surface area (Å²) in [4.78, 5) is 34.9. The third-order valence-corrected chi connectivity index (χ3v) is 2.22. The van der Waals surface area contributed by atoms with E-state index in [4.69, 9.17) is 4.74 Å². The molecule has 0 aromatic rings. The number of amides is 2. The molecular weight excluding hydrogens is 254 g/mol. The van der Waals surface area contributed by atoms with Crippen LogP contribution in [-0.2, 0) is 23.9 Å². The average Bonchev–Trinajstić information content (AvgIpc) is 2.38. The molecule has 0 fully saturated rings. The molecule has 0 unspecified atom stereocenters. The van der Waals surface area contributed by atoms with Gasteiger partial charge in [-0.15, -0.1) is 0 Å². The van der Waals surface area contributed by atoms with Crippen LogP contribution in [0.1, 0.15) is 13.3 Å². The smallest absolute Gasteiger partial charge is 0.306 e. The van der Waals surface area contributed by atoms with Gasteiger partial charge >= 0.3 is 5.97 Å². The van der Waals surface area contributed by atoms with E-state index in [0.717, 1.165) is 0 Å². The Bertz CT molecular complexity index is 309. The number of hydrazine groups is 1. The molecule has 0 aliphatic rings. The molecule has 0 radical (unpaired) electrons. The van der Waals surface area contributed by atoms with Crippen LogP contribution in [-0.4, -0.2) is 63.1 Å². The topological polar surface area (TPSA) is 97.0 Å². The van der Waals surface area contributed by atoms with Gasteiger partial charge in [0, 0.05) is 27.1 Å². The highest BCUT2D eigenvalue weighted by atomic mass is 16.5. The molecular formula is C11H21N3O5. The minimum Gasteiger partial charge on any atom is -0.469 e. The number of nitrogens with zero attached hydrogens (tertiary/aromatic N) is 1. The van der Waals surface area contributed by atoms with Crippen LogP contribution in [0.2, 0.25) is 0 Å². The average molecular weight is 275 g/mol. The lowest BCUT2D eigenvalue weighted by Crippen LogP contribution is -2.46. The Kier molecular flexibility index (Phi) is 9.37. The maximum Gasteiger partial charge on any atom is 0.306 e. The predicted molar refractivity (Wildman–Crippen MR) is 66.9 cm³/mol. The largest absolute Gasteiger partial charge is 0.469 e. The van der Waals surface area contributed by atoms with Crippen molar-refractivity contribution in [1.82, 2.24) is 15.8 Å². The second kappa shape index (κ2) is 10.3. The summed E-state index contributed by atoms with van der Waals surface area (Å²) in [6.07, 6.45) is 0.188. The minimum atomic E-state index is -0.365. The molecule has 19 heavy (non-hydrogen) atoms. The van der Waals surface area contributed by atoms with Gasteiger partial charge in [-0.3, -0.25) is 30.1 Å². The van der Waals surface area contributed by atoms with Crippen molar-refractivity contribution in [2.45, 2.75) is 13.3 Å². The number of ether oxygens (including phenoxy) is 2. The van der Waals surface area contributed by atoms with Gasteiger partial charge in [-0.25, -0.2) is 0 Å². The van der Waals surface area contributed by atoms with Gasteiger partial charge in [0.1, 0.15) is 0 Å². The van der Waals surface area contributed by atoms with Crippen LogP contribution in [0.5, 0.6) is 0 Å². The molecule has 2 amide bonds. The zero-order chi connectivity index (χ0) is 14.7. The summed E-state index contributed by atoms with van der Waals surface area (Å²) < 4.78 is 9.46. The second-order valence-corrected chi connectivity index (χ2v) is 3.82. The van der Waals surface area contributed by atoms with E-state index in [1.54, 1.807) is 12.0 Å². The van der Waals surface area contributed by atoms with E-state index in [1.807, 2.05) is 0 Å². The number of hydrogen-bond donors (Lipinski definition) is 2. The molecule has 110 valence electrons. The highest BCUT2D eigenvalue weighted by Crippen LogP contribution is 1.94. The van der Waals surface area contributed by atoms with Crippen LogP contribution < -0.4 is 10.9 Å². The van der Waals surface area contributed by atoms with Gasteiger partial charge in [-0.1, -0.05) is 0 Å². The summed E-state index contributed by atoms with van der Waals surface area (Å²) in [5, 5.41) is 0. The summed E-state index contributed by atoms with van der Waals surface area (Å²) in [6, 6.07) is 0. The van der Waals surface area contributed by atoms with Gasteiger partial charge < -0.3 is 9.47 Å². The van der Waals surface area contributed by atoms with Crippen molar-refractivity contribution in [1.29, 1.82) is 0 Å². The number of nitrogens with one attached hydrogen (secondary N) is 2. The molecule has 0 bridgehead atoms. The Morgan fingerprint density at radius 2 is 1.79 bits per heavy atom. The van der Waals surface area contributed by atoms with Crippen LogP contribution in [0.25, 0.3) is 0 Å². The van der Waals surface area contributed by atoms with E-state index < -0.39 is 0 Å². The zero-order valence-electron chi connectivity index (χ0n) is 11.5. The Morgan fingerprint density at radius 3 is 2.32 bits per heavy atom. The maximum absolute atomic E-state index is 11.5. The van der Waals surface area contributed by atoms with Crippen LogP contribution in [0.15, 0.2) is 0 Å². The third kappa shape index (κ3) is 9.98. The first kappa shape index (κ1) is 17.3. The Labute approximate surface area is 112 Å².